The van der Waals surface area contributed by atoms with Crippen LogP contribution in [0.3, 0.4) is 0 Å². The van der Waals surface area contributed by atoms with Crippen LogP contribution in [0.2, 0.25) is 0 Å². The molecule has 0 saturated carbocycles. The number of halogens is 1. The second-order valence-electron chi connectivity index (χ2n) is 3.91. The maximum atomic E-state index is 9.02. The average molecular weight is 272 g/mol. The molecule has 0 heterocycles. The highest BCUT2D eigenvalue weighted by Gasteiger charge is 2.05. The summed E-state index contributed by atoms with van der Waals surface area (Å²) in [7, 11) is 0. The third kappa shape index (κ3) is 3.93. The minimum atomic E-state index is 0.187. The summed E-state index contributed by atoms with van der Waals surface area (Å²) in [6.07, 6.45) is 1.94. The molecule has 0 bridgehead atoms. The Morgan fingerprint density at radius 3 is 2.73 bits per heavy atom. The first-order valence-corrected chi connectivity index (χ1v) is 6.02. The van der Waals surface area contributed by atoms with Crippen LogP contribution in [0, 0.1) is 12.8 Å². The lowest BCUT2D eigenvalue weighted by molar-refractivity contribution is 0.223. The number of hydrogen-bond donors (Lipinski definition) is 2. The molecule has 0 radical (unpaired) electrons. The normalized spacial score (nSPS) is 12.8. The zero-order valence-corrected chi connectivity index (χ0v) is 10.6. The first-order valence-electron chi connectivity index (χ1n) is 5.23. The van der Waals surface area contributed by atoms with Gasteiger partial charge in [-0.15, -0.1) is 0 Å². The smallest absolute Gasteiger partial charge is 0.0471 e. The van der Waals surface area contributed by atoms with Crippen LogP contribution in [0.5, 0.6) is 0 Å². The fraction of sp³-hybridized carbons (Fsp3) is 0.500. The Hall–Kier alpha value is -0.380. The highest BCUT2D eigenvalue weighted by molar-refractivity contribution is 9.10. The summed E-state index contributed by atoms with van der Waals surface area (Å²) in [6.45, 7) is 2.83. The molecule has 1 aromatic carbocycles. The van der Waals surface area contributed by atoms with E-state index < -0.39 is 0 Å². The van der Waals surface area contributed by atoms with Gasteiger partial charge >= 0.3 is 0 Å². The van der Waals surface area contributed by atoms with E-state index in [1.165, 1.54) is 11.1 Å². The summed E-state index contributed by atoms with van der Waals surface area (Å²) in [5.41, 5.74) is 8.09. The summed E-state index contributed by atoms with van der Waals surface area (Å²) in [6, 6.07) is 6.36. The number of aryl methyl sites for hydroxylation is 2. The molecule has 0 fully saturated rings. The predicted molar refractivity (Wildman–Crippen MR) is 66.8 cm³/mol. The summed E-state index contributed by atoms with van der Waals surface area (Å²) in [5.74, 6) is 0.231. The number of nitrogens with two attached hydrogens (primary N) is 1. The van der Waals surface area contributed by atoms with Gasteiger partial charge in [0.05, 0.1) is 0 Å². The number of hydrogen-bond acceptors (Lipinski definition) is 2. The largest absolute Gasteiger partial charge is 0.396 e. The Balaban J connectivity index is 2.54. The van der Waals surface area contributed by atoms with Gasteiger partial charge in [0, 0.05) is 11.1 Å². The van der Waals surface area contributed by atoms with Crippen molar-refractivity contribution in [2.45, 2.75) is 19.8 Å². The van der Waals surface area contributed by atoms with Gasteiger partial charge in [-0.1, -0.05) is 28.1 Å². The van der Waals surface area contributed by atoms with Crippen LogP contribution in [0.25, 0.3) is 0 Å². The maximum absolute atomic E-state index is 9.02. The Morgan fingerprint density at radius 2 is 2.20 bits per heavy atom. The zero-order valence-electron chi connectivity index (χ0n) is 9.04. The van der Waals surface area contributed by atoms with Crippen molar-refractivity contribution < 1.29 is 5.11 Å². The van der Waals surface area contributed by atoms with E-state index in [1.54, 1.807) is 0 Å². The lowest BCUT2D eigenvalue weighted by atomic mass is 9.99. The van der Waals surface area contributed by atoms with E-state index in [1.807, 2.05) is 0 Å². The first-order chi connectivity index (χ1) is 7.17. The molecule has 1 atom stereocenters. The Kier molecular flexibility index (Phi) is 5.29. The van der Waals surface area contributed by atoms with Crippen molar-refractivity contribution in [3.63, 3.8) is 0 Å². The molecule has 0 spiro atoms. The summed E-state index contributed by atoms with van der Waals surface area (Å²) in [5, 5.41) is 9.02. The third-order valence-corrected chi connectivity index (χ3v) is 3.54. The van der Waals surface area contributed by atoms with Gasteiger partial charge in [0.1, 0.15) is 0 Å². The van der Waals surface area contributed by atoms with E-state index in [0.717, 1.165) is 17.3 Å². The predicted octanol–water partition coefficient (Wildman–Crippen LogP) is 2.26. The van der Waals surface area contributed by atoms with Gasteiger partial charge in [-0.3, -0.25) is 0 Å². The molecular weight excluding hydrogens is 254 g/mol. The van der Waals surface area contributed by atoms with E-state index in [0.29, 0.717) is 6.54 Å². The molecule has 0 aliphatic heterocycles. The van der Waals surface area contributed by atoms with Crippen molar-refractivity contribution in [3.05, 3.63) is 33.8 Å². The van der Waals surface area contributed by atoms with Crippen molar-refractivity contribution in [2.75, 3.05) is 13.2 Å². The van der Waals surface area contributed by atoms with Crippen molar-refractivity contribution in [1.29, 1.82) is 0 Å². The quantitative estimate of drug-likeness (QED) is 0.863. The molecule has 0 amide bonds. The van der Waals surface area contributed by atoms with Gasteiger partial charge in [-0.25, -0.2) is 0 Å². The van der Waals surface area contributed by atoms with Crippen molar-refractivity contribution in [2.24, 2.45) is 11.7 Å². The van der Waals surface area contributed by atoms with Crippen LogP contribution in [-0.2, 0) is 6.42 Å². The van der Waals surface area contributed by atoms with Crippen LogP contribution in [0.15, 0.2) is 22.7 Å². The fourth-order valence-electron chi connectivity index (χ4n) is 1.52. The highest BCUT2D eigenvalue weighted by atomic mass is 79.9. The highest BCUT2D eigenvalue weighted by Crippen LogP contribution is 2.18. The van der Waals surface area contributed by atoms with Gasteiger partial charge in [0.25, 0.3) is 0 Å². The number of benzene rings is 1. The van der Waals surface area contributed by atoms with Crippen molar-refractivity contribution in [1.82, 2.24) is 0 Å². The average Bonchev–Trinajstić information content (AvgIpc) is 2.24. The number of rotatable bonds is 5. The molecule has 0 aliphatic carbocycles. The van der Waals surface area contributed by atoms with Crippen LogP contribution < -0.4 is 5.73 Å². The lowest BCUT2D eigenvalue weighted by Gasteiger charge is -2.11. The van der Waals surface area contributed by atoms with E-state index in [4.69, 9.17) is 10.8 Å². The van der Waals surface area contributed by atoms with E-state index in [2.05, 4.69) is 41.1 Å². The molecule has 84 valence electrons. The van der Waals surface area contributed by atoms with Gasteiger partial charge in [0.2, 0.25) is 0 Å². The lowest BCUT2D eigenvalue weighted by Crippen LogP contribution is -2.18. The summed E-state index contributed by atoms with van der Waals surface area (Å²) >= 11 is 3.48. The second-order valence-corrected chi connectivity index (χ2v) is 4.76. The van der Waals surface area contributed by atoms with Gasteiger partial charge in [-0.05, 0) is 49.4 Å². The van der Waals surface area contributed by atoms with Crippen LogP contribution >= 0.6 is 15.9 Å². The first kappa shape index (κ1) is 12.7. The summed E-state index contributed by atoms with van der Waals surface area (Å²) < 4.78 is 1.14. The molecule has 0 aliphatic rings. The van der Waals surface area contributed by atoms with E-state index in [9.17, 15) is 0 Å². The Labute approximate surface area is 99.6 Å². The van der Waals surface area contributed by atoms with Crippen LogP contribution in [0.1, 0.15) is 17.5 Å². The molecule has 3 N–H and O–H groups in total. The van der Waals surface area contributed by atoms with E-state index >= 15 is 0 Å². The van der Waals surface area contributed by atoms with Gasteiger partial charge < -0.3 is 10.8 Å². The molecule has 1 unspecified atom stereocenters. The van der Waals surface area contributed by atoms with Crippen LogP contribution in [0.4, 0.5) is 0 Å². The Morgan fingerprint density at radius 1 is 1.47 bits per heavy atom. The minimum Gasteiger partial charge on any atom is -0.396 e. The molecule has 2 nitrogen and oxygen atoms in total. The summed E-state index contributed by atoms with van der Waals surface area (Å²) in [4.78, 5) is 0. The number of aliphatic hydroxyl groups excluding tert-OH is 1. The molecular formula is C12H18BrNO. The van der Waals surface area contributed by atoms with Crippen molar-refractivity contribution in [3.8, 4) is 0 Å². The minimum absolute atomic E-state index is 0.187. The molecule has 15 heavy (non-hydrogen) atoms. The van der Waals surface area contributed by atoms with E-state index in [-0.39, 0.29) is 12.5 Å². The standard InChI is InChI=1S/C12H18BrNO/c1-9-6-10(4-5-12(9)13)2-3-11(7-14)8-15/h4-6,11,15H,2-3,7-8,14H2,1H3. The van der Waals surface area contributed by atoms with Crippen LogP contribution in [-0.4, -0.2) is 18.3 Å². The monoisotopic (exact) mass is 271 g/mol. The number of aliphatic hydroxyl groups is 1. The maximum Gasteiger partial charge on any atom is 0.0471 e. The molecule has 1 rings (SSSR count). The molecule has 3 heteroatoms. The molecule has 1 aromatic rings. The fourth-order valence-corrected chi connectivity index (χ4v) is 1.76. The van der Waals surface area contributed by atoms with Gasteiger partial charge in [0.15, 0.2) is 0 Å². The topological polar surface area (TPSA) is 46.2 Å². The SMILES string of the molecule is Cc1cc(CCC(CN)CO)ccc1Br. The molecule has 0 aromatic heterocycles. The second kappa shape index (κ2) is 6.26. The third-order valence-electron chi connectivity index (χ3n) is 2.66. The van der Waals surface area contributed by atoms with Gasteiger partial charge in [-0.2, -0.15) is 0 Å². The Bertz CT molecular complexity index is 310. The zero-order chi connectivity index (χ0) is 11.3. The van der Waals surface area contributed by atoms with Crippen molar-refractivity contribution >= 4 is 15.9 Å². The molecule has 0 saturated heterocycles.